The van der Waals surface area contributed by atoms with Crippen molar-refractivity contribution in [2.45, 2.75) is 12.8 Å². The van der Waals surface area contributed by atoms with E-state index in [2.05, 4.69) is 0 Å². The van der Waals surface area contributed by atoms with E-state index >= 15 is 0 Å². The number of benzene rings is 2. The smallest absolute Gasteiger partial charge is 0.192 e. The van der Waals surface area contributed by atoms with Crippen LogP contribution in [0.1, 0.15) is 28.8 Å². The number of aliphatic hydroxyl groups excluding tert-OH is 1. The molecule has 0 unspecified atom stereocenters. The number of rotatable bonds is 3. The molecule has 104 valence electrons. The zero-order chi connectivity index (χ0) is 14.7. The molecule has 0 bridgehead atoms. The topological polar surface area (TPSA) is 37.3 Å². The molecule has 2 aromatic carbocycles. The lowest BCUT2D eigenvalue weighted by molar-refractivity contribution is 0.102. The van der Waals surface area contributed by atoms with Crippen LogP contribution < -0.4 is 0 Å². The lowest BCUT2D eigenvalue weighted by Gasteiger charge is -2.02. The van der Waals surface area contributed by atoms with E-state index in [9.17, 15) is 9.90 Å². The van der Waals surface area contributed by atoms with Gasteiger partial charge in [-0.25, -0.2) is 0 Å². The van der Waals surface area contributed by atoms with Crippen LogP contribution in [0.4, 0.5) is 0 Å². The fraction of sp³-hybridized carbons (Fsp3) is 0.105. The van der Waals surface area contributed by atoms with E-state index in [-0.39, 0.29) is 11.5 Å². The zero-order valence-corrected chi connectivity index (χ0v) is 11.6. The predicted molar refractivity (Wildman–Crippen MR) is 84.1 cm³/mol. The van der Waals surface area contributed by atoms with Gasteiger partial charge in [-0.05, 0) is 30.1 Å². The third kappa shape index (κ3) is 2.79. The quantitative estimate of drug-likeness (QED) is 0.834. The fourth-order valence-electron chi connectivity index (χ4n) is 2.57. The van der Waals surface area contributed by atoms with Gasteiger partial charge in [0.25, 0.3) is 0 Å². The molecule has 2 nitrogen and oxygen atoms in total. The molecule has 3 rings (SSSR count). The second kappa shape index (κ2) is 5.80. The molecule has 0 heterocycles. The van der Waals surface area contributed by atoms with Gasteiger partial charge in [0.05, 0.1) is 0 Å². The van der Waals surface area contributed by atoms with Crippen LogP contribution in [-0.2, 0) is 0 Å². The molecule has 0 fully saturated rings. The number of hydrogen-bond acceptors (Lipinski definition) is 2. The number of aliphatic hydroxyl groups is 1. The van der Waals surface area contributed by atoms with Crippen LogP contribution in [-0.4, -0.2) is 10.9 Å². The summed E-state index contributed by atoms with van der Waals surface area (Å²) in [5.41, 5.74) is 3.01. The highest BCUT2D eigenvalue weighted by Gasteiger charge is 2.25. The number of hydrogen-bond donors (Lipinski definition) is 1. The summed E-state index contributed by atoms with van der Waals surface area (Å²) in [7, 11) is 0. The lowest BCUT2D eigenvalue weighted by atomic mass is 10.0. The summed E-state index contributed by atoms with van der Waals surface area (Å²) < 4.78 is 0. The third-order valence-corrected chi connectivity index (χ3v) is 3.68. The van der Waals surface area contributed by atoms with Crippen LogP contribution >= 0.6 is 0 Å². The molecule has 0 radical (unpaired) electrons. The highest BCUT2D eigenvalue weighted by Crippen LogP contribution is 2.33. The Kier molecular flexibility index (Phi) is 3.69. The molecule has 2 aromatic rings. The molecule has 1 N–H and O–H groups in total. The predicted octanol–water partition coefficient (Wildman–Crippen LogP) is 4.56. The highest BCUT2D eigenvalue weighted by atomic mass is 16.3. The molecule has 21 heavy (non-hydrogen) atoms. The Morgan fingerprint density at radius 1 is 0.905 bits per heavy atom. The summed E-state index contributed by atoms with van der Waals surface area (Å²) in [6, 6.07) is 18.9. The minimum absolute atomic E-state index is 0.0791. The molecule has 0 saturated heterocycles. The van der Waals surface area contributed by atoms with Crippen LogP contribution in [0.3, 0.4) is 0 Å². The maximum atomic E-state index is 12.4. The lowest BCUT2D eigenvalue weighted by Crippen LogP contribution is -2.03. The van der Waals surface area contributed by atoms with Gasteiger partial charge in [0, 0.05) is 11.1 Å². The molecule has 0 spiro atoms. The van der Waals surface area contributed by atoms with Gasteiger partial charge in [-0.2, -0.15) is 0 Å². The highest BCUT2D eigenvalue weighted by molar-refractivity contribution is 6.10. The number of Topliss-reactive ketones (excluding diaryl/α,β-unsaturated/α-hetero) is 1. The summed E-state index contributed by atoms with van der Waals surface area (Å²) in [6.45, 7) is 0. The van der Waals surface area contributed by atoms with Gasteiger partial charge in [0.15, 0.2) is 5.78 Å². The molecule has 0 saturated carbocycles. The number of ketones is 1. The molecular weight excluding hydrogens is 260 g/mol. The Labute approximate surface area is 124 Å². The normalized spacial score (nSPS) is 16.5. The summed E-state index contributed by atoms with van der Waals surface area (Å²) >= 11 is 0. The Hall–Kier alpha value is -2.61. The van der Waals surface area contributed by atoms with Gasteiger partial charge in [0.2, 0.25) is 0 Å². The van der Waals surface area contributed by atoms with Crippen LogP contribution in [0.2, 0.25) is 0 Å². The minimum atomic E-state index is -0.0791. The van der Waals surface area contributed by atoms with E-state index in [0.29, 0.717) is 24.0 Å². The van der Waals surface area contributed by atoms with Crippen molar-refractivity contribution in [1.29, 1.82) is 0 Å². The van der Waals surface area contributed by atoms with Crippen LogP contribution in [0.15, 0.2) is 77.6 Å². The first-order chi connectivity index (χ1) is 10.3. The largest absolute Gasteiger partial charge is 0.507 e. The molecule has 1 aliphatic carbocycles. The van der Waals surface area contributed by atoms with Crippen molar-refractivity contribution in [2.24, 2.45) is 0 Å². The summed E-state index contributed by atoms with van der Waals surface area (Å²) in [5, 5.41) is 10.3. The molecular formula is C19H16O2. The van der Waals surface area contributed by atoms with Gasteiger partial charge in [0.1, 0.15) is 5.76 Å². The van der Waals surface area contributed by atoms with Gasteiger partial charge >= 0.3 is 0 Å². The van der Waals surface area contributed by atoms with E-state index < -0.39 is 0 Å². The first-order valence-corrected chi connectivity index (χ1v) is 7.03. The minimum Gasteiger partial charge on any atom is -0.507 e. The summed E-state index contributed by atoms with van der Waals surface area (Å²) in [6.07, 6.45) is 3.24. The summed E-state index contributed by atoms with van der Waals surface area (Å²) in [4.78, 5) is 12.4. The van der Waals surface area contributed by atoms with E-state index in [4.69, 9.17) is 0 Å². The van der Waals surface area contributed by atoms with Gasteiger partial charge in [-0.15, -0.1) is 0 Å². The molecule has 0 amide bonds. The maximum absolute atomic E-state index is 12.4. The summed E-state index contributed by atoms with van der Waals surface area (Å²) in [5.74, 6) is 0.0669. The van der Waals surface area contributed by atoms with Crippen molar-refractivity contribution in [3.8, 4) is 0 Å². The Morgan fingerprint density at radius 3 is 2.19 bits per heavy atom. The standard InChI is InChI=1S/C19H16O2/c20-18(15-9-5-2-6-10-15)17-12-11-16(19(17)21)13-14-7-3-1-4-8-14/h1-10,13,21H,11-12H2/b16-13+. The van der Waals surface area contributed by atoms with Crippen molar-refractivity contribution in [3.63, 3.8) is 0 Å². The van der Waals surface area contributed by atoms with E-state index in [0.717, 1.165) is 11.1 Å². The molecule has 0 aliphatic heterocycles. The van der Waals surface area contributed by atoms with Crippen LogP contribution in [0, 0.1) is 0 Å². The Bertz CT molecular complexity index is 710. The van der Waals surface area contributed by atoms with E-state index in [1.54, 1.807) is 12.1 Å². The second-order valence-electron chi connectivity index (χ2n) is 5.10. The van der Waals surface area contributed by atoms with E-state index in [1.165, 1.54) is 0 Å². The fourth-order valence-corrected chi connectivity index (χ4v) is 2.57. The van der Waals surface area contributed by atoms with Crippen LogP contribution in [0.5, 0.6) is 0 Å². The first kappa shape index (κ1) is 13.4. The monoisotopic (exact) mass is 276 g/mol. The SMILES string of the molecule is O=C(C1=C(O)/C(=C/c2ccccc2)CC1)c1ccccc1. The second-order valence-corrected chi connectivity index (χ2v) is 5.10. The number of allylic oxidation sites excluding steroid dienone is 2. The number of carbonyl (C=O) groups is 1. The van der Waals surface area contributed by atoms with Gasteiger partial charge < -0.3 is 5.11 Å². The molecule has 0 atom stereocenters. The number of carbonyl (C=O) groups excluding carboxylic acids is 1. The van der Waals surface area contributed by atoms with E-state index in [1.807, 2.05) is 54.6 Å². The third-order valence-electron chi connectivity index (χ3n) is 3.68. The first-order valence-electron chi connectivity index (χ1n) is 7.03. The van der Waals surface area contributed by atoms with Crippen molar-refractivity contribution in [2.75, 3.05) is 0 Å². The Morgan fingerprint density at radius 2 is 1.52 bits per heavy atom. The molecule has 2 heteroatoms. The Balaban J connectivity index is 1.91. The van der Waals surface area contributed by atoms with Gasteiger partial charge in [-0.1, -0.05) is 60.7 Å². The average Bonchev–Trinajstić information content (AvgIpc) is 2.89. The maximum Gasteiger partial charge on any atom is 0.192 e. The average molecular weight is 276 g/mol. The zero-order valence-electron chi connectivity index (χ0n) is 11.6. The van der Waals surface area contributed by atoms with Crippen molar-refractivity contribution >= 4 is 11.9 Å². The van der Waals surface area contributed by atoms with Crippen molar-refractivity contribution in [3.05, 3.63) is 88.7 Å². The van der Waals surface area contributed by atoms with Crippen LogP contribution in [0.25, 0.3) is 6.08 Å². The van der Waals surface area contributed by atoms with Crippen molar-refractivity contribution < 1.29 is 9.90 Å². The molecule has 0 aromatic heterocycles. The van der Waals surface area contributed by atoms with Crippen molar-refractivity contribution in [1.82, 2.24) is 0 Å². The van der Waals surface area contributed by atoms with Gasteiger partial charge in [-0.3, -0.25) is 4.79 Å². The molecule has 1 aliphatic rings.